The molecular formula is C16H15ClFN3O. The normalized spacial score (nSPS) is 18.3. The second-order valence-corrected chi connectivity index (χ2v) is 5.60. The maximum Gasteiger partial charge on any atom is 0.254 e. The lowest BCUT2D eigenvalue weighted by molar-refractivity contribution is 0.0633. The molecule has 0 bridgehead atoms. The minimum Gasteiger partial charge on any atom is -0.329 e. The van der Waals surface area contributed by atoms with Crippen LogP contribution in [0, 0.1) is 5.82 Å². The van der Waals surface area contributed by atoms with Crippen LogP contribution in [0.2, 0.25) is 5.02 Å². The molecule has 1 aliphatic heterocycles. The molecule has 2 heterocycles. The maximum absolute atomic E-state index is 13.5. The summed E-state index contributed by atoms with van der Waals surface area (Å²) in [4.78, 5) is 18.6. The van der Waals surface area contributed by atoms with Crippen LogP contribution in [-0.4, -0.2) is 35.4 Å². The van der Waals surface area contributed by atoms with Gasteiger partial charge in [0.15, 0.2) is 0 Å². The Balaban J connectivity index is 1.91. The van der Waals surface area contributed by atoms with E-state index in [0.717, 1.165) is 5.56 Å². The summed E-state index contributed by atoms with van der Waals surface area (Å²) in [7, 11) is 0. The van der Waals surface area contributed by atoms with E-state index < -0.39 is 5.82 Å². The molecule has 1 unspecified atom stereocenters. The van der Waals surface area contributed by atoms with Crippen molar-refractivity contribution < 1.29 is 9.18 Å². The average molecular weight is 320 g/mol. The van der Waals surface area contributed by atoms with E-state index in [1.165, 1.54) is 18.2 Å². The van der Waals surface area contributed by atoms with E-state index in [2.05, 4.69) is 10.3 Å². The SMILES string of the molecule is O=C(c1cc(F)cc(Cl)c1)N1CCNCC1c1cccnc1. The van der Waals surface area contributed by atoms with Crippen LogP contribution in [0.4, 0.5) is 4.39 Å². The van der Waals surface area contributed by atoms with E-state index >= 15 is 0 Å². The van der Waals surface area contributed by atoms with Gasteiger partial charge in [-0.05, 0) is 29.8 Å². The van der Waals surface area contributed by atoms with Crippen LogP contribution in [0.25, 0.3) is 0 Å². The monoisotopic (exact) mass is 319 g/mol. The van der Waals surface area contributed by atoms with Gasteiger partial charge in [0.1, 0.15) is 5.82 Å². The molecule has 22 heavy (non-hydrogen) atoms. The van der Waals surface area contributed by atoms with Gasteiger partial charge in [0, 0.05) is 42.6 Å². The van der Waals surface area contributed by atoms with Gasteiger partial charge in [-0.25, -0.2) is 4.39 Å². The van der Waals surface area contributed by atoms with E-state index in [4.69, 9.17) is 11.6 Å². The molecule has 1 aromatic heterocycles. The van der Waals surface area contributed by atoms with Gasteiger partial charge in [0.25, 0.3) is 5.91 Å². The number of pyridine rings is 1. The zero-order valence-corrected chi connectivity index (χ0v) is 12.6. The summed E-state index contributed by atoms with van der Waals surface area (Å²) in [6.07, 6.45) is 3.44. The Morgan fingerprint density at radius 2 is 2.27 bits per heavy atom. The number of nitrogens with zero attached hydrogens (tertiary/aromatic N) is 2. The average Bonchev–Trinajstić information content (AvgIpc) is 2.54. The molecule has 4 nitrogen and oxygen atoms in total. The lowest BCUT2D eigenvalue weighted by Gasteiger charge is -2.36. The Hall–Kier alpha value is -1.98. The van der Waals surface area contributed by atoms with Crippen molar-refractivity contribution in [3.63, 3.8) is 0 Å². The minimum atomic E-state index is -0.510. The van der Waals surface area contributed by atoms with Gasteiger partial charge in [0.2, 0.25) is 0 Å². The smallest absolute Gasteiger partial charge is 0.254 e. The molecule has 1 aromatic carbocycles. The summed E-state index contributed by atoms with van der Waals surface area (Å²) in [6, 6.07) is 7.55. The van der Waals surface area contributed by atoms with Crippen molar-refractivity contribution in [1.29, 1.82) is 0 Å². The van der Waals surface area contributed by atoms with Crippen LogP contribution >= 0.6 is 11.6 Å². The molecule has 1 amide bonds. The molecule has 1 N–H and O–H groups in total. The zero-order chi connectivity index (χ0) is 15.5. The number of carbonyl (C=O) groups excluding carboxylic acids is 1. The van der Waals surface area contributed by atoms with E-state index in [-0.39, 0.29) is 22.5 Å². The molecule has 3 rings (SSSR count). The standard InChI is InChI=1S/C16H15ClFN3O/c17-13-6-12(7-14(18)8-13)16(22)21-5-4-20-10-15(21)11-2-1-3-19-9-11/h1-3,6-9,15,20H,4-5,10H2. The van der Waals surface area contributed by atoms with Crippen molar-refractivity contribution in [3.05, 3.63) is 64.7 Å². The first kappa shape index (κ1) is 14.9. The Kier molecular flexibility index (Phi) is 4.36. The van der Waals surface area contributed by atoms with E-state index in [9.17, 15) is 9.18 Å². The van der Waals surface area contributed by atoms with Gasteiger partial charge in [-0.15, -0.1) is 0 Å². The number of hydrogen-bond acceptors (Lipinski definition) is 3. The van der Waals surface area contributed by atoms with Crippen molar-refractivity contribution in [1.82, 2.24) is 15.2 Å². The van der Waals surface area contributed by atoms with Crippen molar-refractivity contribution in [2.75, 3.05) is 19.6 Å². The van der Waals surface area contributed by atoms with Crippen molar-refractivity contribution >= 4 is 17.5 Å². The van der Waals surface area contributed by atoms with Crippen LogP contribution in [0.1, 0.15) is 22.0 Å². The Bertz CT molecular complexity index is 660. The highest BCUT2D eigenvalue weighted by Gasteiger charge is 2.29. The van der Waals surface area contributed by atoms with Gasteiger partial charge in [-0.1, -0.05) is 17.7 Å². The fourth-order valence-electron chi connectivity index (χ4n) is 2.66. The maximum atomic E-state index is 13.5. The van der Waals surface area contributed by atoms with Crippen LogP contribution < -0.4 is 5.32 Å². The molecule has 114 valence electrons. The molecule has 1 atom stereocenters. The third-order valence-electron chi connectivity index (χ3n) is 3.68. The molecule has 0 saturated carbocycles. The molecule has 1 saturated heterocycles. The van der Waals surface area contributed by atoms with E-state index in [1.807, 2.05) is 12.1 Å². The van der Waals surface area contributed by atoms with Gasteiger partial charge in [-0.3, -0.25) is 9.78 Å². The van der Waals surface area contributed by atoms with Crippen LogP contribution in [0.5, 0.6) is 0 Å². The fourth-order valence-corrected chi connectivity index (χ4v) is 2.88. The van der Waals surface area contributed by atoms with Gasteiger partial charge in [0.05, 0.1) is 6.04 Å². The number of amides is 1. The van der Waals surface area contributed by atoms with Gasteiger partial charge < -0.3 is 10.2 Å². The second-order valence-electron chi connectivity index (χ2n) is 5.16. The minimum absolute atomic E-state index is 0.128. The van der Waals surface area contributed by atoms with E-state index in [1.54, 1.807) is 17.3 Å². The summed E-state index contributed by atoms with van der Waals surface area (Å²) in [5, 5.41) is 3.49. The lowest BCUT2D eigenvalue weighted by Crippen LogP contribution is -2.48. The van der Waals surface area contributed by atoms with E-state index in [0.29, 0.717) is 19.6 Å². The fraction of sp³-hybridized carbons (Fsp3) is 0.250. The number of carbonyl (C=O) groups is 1. The number of halogens is 2. The highest BCUT2D eigenvalue weighted by molar-refractivity contribution is 6.31. The quantitative estimate of drug-likeness (QED) is 0.925. The number of benzene rings is 1. The molecule has 0 radical (unpaired) electrons. The summed E-state index contributed by atoms with van der Waals surface area (Å²) < 4.78 is 13.5. The van der Waals surface area contributed by atoms with Crippen molar-refractivity contribution in [3.8, 4) is 0 Å². The van der Waals surface area contributed by atoms with Crippen molar-refractivity contribution in [2.45, 2.75) is 6.04 Å². The van der Waals surface area contributed by atoms with Crippen LogP contribution in [0.15, 0.2) is 42.7 Å². The number of aromatic nitrogens is 1. The summed E-state index contributed by atoms with van der Waals surface area (Å²) >= 11 is 5.85. The number of rotatable bonds is 2. The summed E-state index contributed by atoms with van der Waals surface area (Å²) in [6.45, 7) is 1.89. The third kappa shape index (κ3) is 3.10. The molecule has 0 spiro atoms. The highest BCUT2D eigenvalue weighted by Crippen LogP contribution is 2.24. The summed E-state index contributed by atoms with van der Waals surface area (Å²) in [5.74, 6) is -0.735. The van der Waals surface area contributed by atoms with Gasteiger partial charge >= 0.3 is 0 Å². The van der Waals surface area contributed by atoms with Crippen LogP contribution in [-0.2, 0) is 0 Å². The largest absolute Gasteiger partial charge is 0.329 e. The highest BCUT2D eigenvalue weighted by atomic mass is 35.5. The third-order valence-corrected chi connectivity index (χ3v) is 3.90. The topological polar surface area (TPSA) is 45.2 Å². The molecular weight excluding hydrogens is 305 g/mol. The lowest BCUT2D eigenvalue weighted by atomic mass is 10.0. The Morgan fingerprint density at radius 3 is 3.00 bits per heavy atom. The molecule has 1 aliphatic rings. The predicted molar refractivity (Wildman–Crippen MR) is 82.3 cm³/mol. The van der Waals surface area contributed by atoms with Crippen LogP contribution in [0.3, 0.4) is 0 Å². The Labute approximate surface area is 132 Å². The molecule has 1 fully saturated rings. The second kappa shape index (κ2) is 6.42. The molecule has 6 heteroatoms. The summed E-state index contributed by atoms with van der Waals surface area (Å²) in [5.41, 5.74) is 1.21. The first-order chi connectivity index (χ1) is 10.6. The molecule has 2 aromatic rings. The number of hydrogen-bond donors (Lipinski definition) is 1. The zero-order valence-electron chi connectivity index (χ0n) is 11.8. The van der Waals surface area contributed by atoms with Gasteiger partial charge in [-0.2, -0.15) is 0 Å². The molecule has 0 aliphatic carbocycles. The van der Waals surface area contributed by atoms with Crippen molar-refractivity contribution in [2.24, 2.45) is 0 Å². The first-order valence-electron chi connectivity index (χ1n) is 7.03. The Morgan fingerprint density at radius 1 is 1.41 bits per heavy atom. The number of piperazine rings is 1. The first-order valence-corrected chi connectivity index (χ1v) is 7.40. The predicted octanol–water partition coefficient (Wildman–Crippen LogP) is 2.66. The number of nitrogens with one attached hydrogen (secondary N) is 1.